The Balaban J connectivity index is 0.000000605. The largest absolute Gasteiger partial charge is 0.508 e. The van der Waals surface area contributed by atoms with Crippen LogP contribution in [0.2, 0.25) is 0 Å². The van der Waals surface area contributed by atoms with Crippen molar-refractivity contribution in [3.05, 3.63) is 23.8 Å². The Morgan fingerprint density at radius 2 is 2.18 bits per heavy atom. The summed E-state index contributed by atoms with van der Waals surface area (Å²) in [5.41, 5.74) is 2.39. The molecule has 0 aromatic heterocycles. The Kier molecular flexibility index (Phi) is 2.03. The number of hydrogen-bond acceptors (Lipinski definition) is 2. The van der Waals surface area contributed by atoms with Crippen molar-refractivity contribution in [2.24, 2.45) is 0 Å². The van der Waals surface area contributed by atoms with E-state index in [9.17, 15) is 0 Å². The van der Waals surface area contributed by atoms with Crippen LogP contribution in [0.1, 0.15) is 13.0 Å². The molecular formula is C9H13NO. The Bertz CT molecular complexity index is 258. The molecule has 0 amide bonds. The third-order valence-corrected chi connectivity index (χ3v) is 1.80. The summed E-state index contributed by atoms with van der Waals surface area (Å²) in [5, 5.41) is 12.2. The minimum absolute atomic E-state index is 0. The first-order chi connectivity index (χ1) is 4.86. The predicted molar refractivity (Wildman–Crippen MR) is 47.0 cm³/mol. The summed E-state index contributed by atoms with van der Waals surface area (Å²) in [4.78, 5) is 0. The van der Waals surface area contributed by atoms with Gasteiger partial charge in [-0.05, 0) is 18.1 Å². The first-order valence-corrected chi connectivity index (χ1v) is 3.42. The van der Waals surface area contributed by atoms with Crippen LogP contribution in [0.15, 0.2) is 18.2 Å². The molecule has 1 aliphatic heterocycles. The van der Waals surface area contributed by atoms with E-state index in [1.807, 2.05) is 6.07 Å². The van der Waals surface area contributed by atoms with Crippen molar-refractivity contribution < 1.29 is 5.11 Å². The van der Waals surface area contributed by atoms with Crippen LogP contribution in [-0.2, 0) is 6.42 Å². The maximum absolute atomic E-state index is 9.06. The van der Waals surface area contributed by atoms with Gasteiger partial charge in [-0.3, -0.25) is 0 Å². The maximum Gasteiger partial charge on any atom is 0.117 e. The highest BCUT2D eigenvalue weighted by atomic mass is 16.3. The molecule has 0 bridgehead atoms. The fraction of sp³-hybridized carbons (Fsp3) is 0.333. The predicted octanol–water partition coefficient (Wildman–Crippen LogP) is 2.00. The molecule has 1 heterocycles. The molecule has 0 saturated carbocycles. The van der Waals surface area contributed by atoms with Gasteiger partial charge in [0, 0.05) is 18.3 Å². The summed E-state index contributed by atoms with van der Waals surface area (Å²) < 4.78 is 0. The summed E-state index contributed by atoms with van der Waals surface area (Å²) >= 11 is 0. The van der Waals surface area contributed by atoms with Crippen LogP contribution in [0, 0.1) is 0 Å². The van der Waals surface area contributed by atoms with Crippen molar-refractivity contribution in [3.8, 4) is 5.75 Å². The van der Waals surface area contributed by atoms with Crippen molar-refractivity contribution in [1.82, 2.24) is 0 Å². The number of fused-ring (bicyclic) bond motifs is 1. The van der Waals surface area contributed by atoms with Gasteiger partial charge in [-0.25, -0.2) is 0 Å². The van der Waals surface area contributed by atoms with Crippen molar-refractivity contribution >= 4 is 5.69 Å². The minimum atomic E-state index is 0. The number of phenols is 1. The molecule has 0 spiro atoms. The van der Waals surface area contributed by atoms with Gasteiger partial charge in [0.2, 0.25) is 0 Å². The maximum atomic E-state index is 9.06. The lowest BCUT2D eigenvalue weighted by atomic mass is 10.2. The molecule has 0 fully saturated rings. The number of aromatic hydroxyl groups is 1. The molecule has 11 heavy (non-hydrogen) atoms. The minimum Gasteiger partial charge on any atom is -0.508 e. The lowest BCUT2D eigenvalue weighted by molar-refractivity contribution is 0.475. The fourth-order valence-corrected chi connectivity index (χ4v) is 1.28. The van der Waals surface area contributed by atoms with Crippen molar-refractivity contribution in [1.29, 1.82) is 0 Å². The molecule has 0 atom stereocenters. The topological polar surface area (TPSA) is 32.3 Å². The van der Waals surface area contributed by atoms with Gasteiger partial charge < -0.3 is 10.4 Å². The zero-order valence-electron chi connectivity index (χ0n) is 5.59. The molecule has 1 aliphatic rings. The number of rotatable bonds is 0. The average Bonchev–Trinajstić information content (AvgIpc) is 2.33. The molecule has 2 rings (SSSR count). The smallest absolute Gasteiger partial charge is 0.117 e. The van der Waals surface area contributed by atoms with Gasteiger partial charge in [0.15, 0.2) is 0 Å². The zero-order valence-corrected chi connectivity index (χ0v) is 5.59. The molecule has 0 aliphatic carbocycles. The summed E-state index contributed by atoms with van der Waals surface area (Å²) in [7, 11) is 0. The normalized spacial score (nSPS) is 13.1. The number of hydrogen-bond donors (Lipinski definition) is 2. The average molecular weight is 151 g/mol. The van der Waals surface area contributed by atoms with Crippen LogP contribution in [0.5, 0.6) is 5.75 Å². The molecular weight excluding hydrogens is 138 g/mol. The van der Waals surface area contributed by atoms with Crippen LogP contribution >= 0.6 is 0 Å². The van der Waals surface area contributed by atoms with Crippen LogP contribution in [0.3, 0.4) is 0 Å². The van der Waals surface area contributed by atoms with Crippen LogP contribution in [0.4, 0.5) is 5.69 Å². The van der Waals surface area contributed by atoms with Crippen molar-refractivity contribution in [3.63, 3.8) is 0 Å². The van der Waals surface area contributed by atoms with Crippen molar-refractivity contribution in [2.75, 3.05) is 11.9 Å². The van der Waals surface area contributed by atoms with E-state index >= 15 is 0 Å². The van der Waals surface area contributed by atoms with Crippen LogP contribution in [0.25, 0.3) is 0 Å². The number of nitrogens with one attached hydrogen (secondary N) is 1. The van der Waals surface area contributed by atoms with E-state index in [-0.39, 0.29) is 7.43 Å². The van der Waals surface area contributed by atoms with Crippen molar-refractivity contribution in [2.45, 2.75) is 13.8 Å². The van der Waals surface area contributed by atoms with Gasteiger partial charge in [0.1, 0.15) is 5.75 Å². The molecule has 1 aromatic carbocycles. The molecule has 0 unspecified atom stereocenters. The van der Waals surface area contributed by atoms with Crippen LogP contribution in [-0.4, -0.2) is 11.7 Å². The van der Waals surface area contributed by atoms with Gasteiger partial charge in [-0.15, -0.1) is 0 Å². The Morgan fingerprint density at radius 1 is 1.36 bits per heavy atom. The van der Waals surface area contributed by atoms with E-state index in [0.717, 1.165) is 18.7 Å². The molecule has 2 N–H and O–H groups in total. The molecule has 0 saturated heterocycles. The van der Waals surface area contributed by atoms with E-state index in [2.05, 4.69) is 5.32 Å². The van der Waals surface area contributed by atoms with Gasteiger partial charge in [-0.1, -0.05) is 13.5 Å². The quantitative estimate of drug-likeness (QED) is 0.594. The zero-order chi connectivity index (χ0) is 6.97. The van der Waals surface area contributed by atoms with Gasteiger partial charge in [0.25, 0.3) is 0 Å². The fourth-order valence-electron chi connectivity index (χ4n) is 1.28. The second-order valence-electron chi connectivity index (χ2n) is 2.52. The van der Waals surface area contributed by atoms with E-state index in [1.165, 1.54) is 5.56 Å². The lowest BCUT2D eigenvalue weighted by Crippen LogP contribution is -1.90. The van der Waals surface area contributed by atoms with Gasteiger partial charge in [-0.2, -0.15) is 0 Å². The van der Waals surface area contributed by atoms with E-state index in [4.69, 9.17) is 5.11 Å². The Morgan fingerprint density at radius 3 is 3.00 bits per heavy atom. The van der Waals surface area contributed by atoms with E-state index in [0.29, 0.717) is 5.75 Å². The Hall–Kier alpha value is -1.18. The van der Waals surface area contributed by atoms with E-state index in [1.54, 1.807) is 12.1 Å². The van der Waals surface area contributed by atoms with Gasteiger partial charge >= 0.3 is 0 Å². The second-order valence-corrected chi connectivity index (χ2v) is 2.52. The summed E-state index contributed by atoms with van der Waals surface area (Å²) in [6, 6.07) is 5.46. The Labute approximate surface area is 66.9 Å². The SMILES string of the molecule is C.Oc1ccc2c(c1)NCC2. The molecule has 0 radical (unpaired) electrons. The van der Waals surface area contributed by atoms with Gasteiger partial charge in [0.05, 0.1) is 0 Å². The lowest BCUT2D eigenvalue weighted by Gasteiger charge is -1.98. The highest BCUT2D eigenvalue weighted by molar-refractivity contribution is 5.58. The highest BCUT2D eigenvalue weighted by Crippen LogP contribution is 2.25. The summed E-state index contributed by atoms with van der Waals surface area (Å²) in [6.45, 7) is 0.999. The standard InChI is InChI=1S/C8H9NO.CH4/c10-7-2-1-6-3-4-9-8(6)5-7;/h1-2,5,9-10H,3-4H2;1H4. The van der Waals surface area contributed by atoms with Crippen LogP contribution < -0.4 is 5.32 Å². The molecule has 2 heteroatoms. The number of anilines is 1. The van der Waals surface area contributed by atoms with E-state index < -0.39 is 0 Å². The first kappa shape index (κ1) is 7.92. The highest BCUT2D eigenvalue weighted by Gasteiger charge is 2.08. The summed E-state index contributed by atoms with van der Waals surface area (Å²) in [5.74, 6) is 0.341. The third-order valence-electron chi connectivity index (χ3n) is 1.80. The first-order valence-electron chi connectivity index (χ1n) is 3.42. The third kappa shape index (κ3) is 1.29. The monoisotopic (exact) mass is 151 g/mol. The number of benzene rings is 1. The molecule has 1 aromatic rings. The summed E-state index contributed by atoms with van der Waals surface area (Å²) in [6.07, 6.45) is 1.08. The molecule has 60 valence electrons. The molecule has 2 nitrogen and oxygen atoms in total. The number of phenolic OH excluding ortho intramolecular Hbond substituents is 1. The second kappa shape index (κ2) is 2.82.